The van der Waals surface area contributed by atoms with Crippen molar-refractivity contribution in [1.29, 1.82) is 0 Å². The zero-order chi connectivity index (χ0) is 21.0. The molecule has 1 fully saturated rings. The lowest BCUT2D eigenvalue weighted by molar-refractivity contribution is -0.115. The Hall–Kier alpha value is -3.14. The van der Waals surface area contributed by atoms with E-state index in [1.54, 1.807) is 48.5 Å². The molecule has 0 aliphatic carbocycles. The van der Waals surface area contributed by atoms with Crippen molar-refractivity contribution >= 4 is 11.9 Å². The second-order valence-corrected chi connectivity index (χ2v) is 6.96. The zero-order valence-corrected chi connectivity index (χ0v) is 16.2. The van der Waals surface area contributed by atoms with Crippen LogP contribution in [0.15, 0.2) is 48.5 Å². The molecular weight excluding hydrogens is 372 g/mol. The van der Waals surface area contributed by atoms with Crippen molar-refractivity contribution in [1.82, 2.24) is 0 Å². The number of hydrogen-bond donors (Lipinski definition) is 1. The number of hydrogen-bond acceptors (Lipinski definition) is 6. The van der Waals surface area contributed by atoms with E-state index in [0.717, 1.165) is 11.1 Å². The standard InChI is InChI=1S/C23H22O6/c1-4-18-20(29-22(25)17-11-7-15(3)8-12-17)19(28-23(18)26)13-27-21(24)16-9-5-14(2)6-10-16/h1,5-12,18-20,23,26H,13H2,2-3H3/t18-,19+,20-,23?/m0/s1. The number of aliphatic hydroxyl groups excluding tert-OH is 1. The number of aliphatic hydroxyl groups is 1. The van der Waals surface area contributed by atoms with Crippen LogP contribution < -0.4 is 0 Å². The van der Waals surface area contributed by atoms with E-state index in [0.29, 0.717) is 11.1 Å². The van der Waals surface area contributed by atoms with Gasteiger partial charge in [-0.25, -0.2) is 9.59 Å². The van der Waals surface area contributed by atoms with Crippen LogP contribution in [0.25, 0.3) is 0 Å². The van der Waals surface area contributed by atoms with Crippen LogP contribution in [0.1, 0.15) is 31.8 Å². The molecule has 1 N–H and O–H groups in total. The molecule has 0 aromatic heterocycles. The molecule has 1 unspecified atom stereocenters. The minimum absolute atomic E-state index is 0.214. The largest absolute Gasteiger partial charge is 0.459 e. The molecule has 0 amide bonds. The van der Waals surface area contributed by atoms with Crippen LogP contribution in [0, 0.1) is 32.1 Å². The Labute approximate surface area is 169 Å². The minimum atomic E-state index is -1.32. The molecule has 29 heavy (non-hydrogen) atoms. The van der Waals surface area contributed by atoms with E-state index >= 15 is 0 Å². The molecule has 1 aliphatic heterocycles. The van der Waals surface area contributed by atoms with Gasteiger partial charge in [0.1, 0.15) is 18.6 Å². The van der Waals surface area contributed by atoms with Gasteiger partial charge in [0.2, 0.25) is 0 Å². The highest BCUT2D eigenvalue weighted by atomic mass is 16.7. The fraction of sp³-hybridized carbons (Fsp3) is 0.304. The normalized spacial score (nSPS) is 23.2. The monoisotopic (exact) mass is 394 g/mol. The van der Waals surface area contributed by atoms with Gasteiger partial charge in [0.25, 0.3) is 0 Å². The lowest BCUT2D eigenvalue weighted by atomic mass is 10.0. The number of terminal acetylenes is 1. The van der Waals surface area contributed by atoms with E-state index in [4.69, 9.17) is 20.6 Å². The van der Waals surface area contributed by atoms with Crippen molar-refractivity contribution in [2.45, 2.75) is 32.3 Å². The summed E-state index contributed by atoms with van der Waals surface area (Å²) in [4.78, 5) is 24.7. The molecular formula is C23H22O6. The van der Waals surface area contributed by atoms with Crippen LogP contribution in [0.2, 0.25) is 0 Å². The number of ether oxygens (including phenoxy) is 3. The highest BCUT2D eigenvalue weighted by molar-refractivity contribution is 5.90. The number of benzene rings is 2. The maximum Gasteiger partial charge on any atom is 0.338 e. The van der Waals surface area contributed by atoms with Crippen LogP contribution in [-0.2, 0) is 14.2 Å². The summed E-state index contributed by atoms with van der Waals surface area (Å²) in [6.45, 7) is 3.60. The van der Waals surface area contributed by atoms with E-state index in [-0.39, 0.29) is 6.61 Å². The zero-order valence-electron chi connectivity index (χ0n) is 16.2. The molecule has 0 bridgehead atoms. The maximum absolute atomic E-state index is 12.5. The first-order valence-electron chi connectivity index (χ1n) is 9.20. The summed E-state index contributed by atoms with van der Waals surface area (Å²) in [6.07, 6.45) is 2.33. The van der Waals surface area contributed by atoms with Crippen LogP contribution >= 0.6 is 0 Å². The molecule has 6 nitrogen and oxygen atoms in total. The Morgan fingerprint density at radius 3 is 2.03 bits per heavy atom. The van der Waals surface area contributed by atoms with Gasteiger partial charge in [-0.05, 0) is 38.1 Å². The molecule has 1 saturated heterocycles. The van der Waals surface area contributed by atoms with Gasteiger partial charge < -0.3 is 19.3 Å². The fourth-order valence-corrected chi connectivity index (χ4v) is 3.01. The number of aryl methyl sites for hydroxylation is 2. The highest BCUT2D eigenvalue weighted by Gasteiger charge is 2.46. The molecule has 4 atom stereocenters. The maximum atomic E-state index is 12.5. The van der Waals surface area contributed by atoms with Gasteiger partial charge in [-0.15, -0.1) is 6.42 Å². The second-order valence-electron chi connectivity index (χ2n) is 6.96. The summed E-state index contributed by atoms with van der Waals surface area (Å²) in [6, 6.07) is 13.8. The SMILES string of the molecule is C#C[C@@H]1C(O)O[C@H](COC(=O)c2ccc(C)cc2)[C@H]1OC(=O)c1ccc(C)cc1. The predicted molar refractivity (Wildman–Crippen MR) is 105 cm³/mol. The summed E-state index contributed by atoms with van der Waals surface area (Å²) in [5.41, 5.74) is 2.76. The fourth-order valence-electron chi connectivity index (χ4n) is 3.01. The quantitative estimate of drug-likeness (QED) is 0.620. The molecule has 0 saturated carbocycles. The third-order valence-electron chi connectivity index (χ3n) is 4.73. The lowest BCUT2D eigenvalue weighted by Crippen LogP contribution is -2.35. The van der Waals surface area contributed by atoms with Crippen molar-refractivity contribution in [3.05, 3.63) is 70.8 Å². The Bertz CT molecular complexity index is 910. The lowest BCUT2D eigenvalue weighted by Gasteiger charge is -2.20. The Balaban J connectivity index is 1.68. The molecule has 1 aliphatic rings. The Kier molecular flexibility index (Phi) is 6.32. The van der Waals surface area contributed by atoms with Gasteiger partial charge in [0.15, 0.2) is 12.4 Å². The van der Waals surface area contributed by atoms with Gasteiger partial charge in [0, 0.05) is 0 Å². The summed E-state index contributed by atoms with van der Waals surface area (Å²) in [7, 11) is 0. The van der Waals surface area contributed by atoms with Crippen molar-refractivity contribution in [2.24, 2.45) is 5.92 Å². The van der Waals surface area contributed by atoms with Crippen LogP contribution in [0.4, 0.5) is 0 Å². The van der Waals surface area contributed by atoms with E-state index in [1.807, 2.05) is 13.8 Å². The molecule has 0 radical (unpaired) electrons. The molecule has 150 valence electrons. The molecule has 2 aromatic carbocycles. The van der Waals surface area contributed by atoms with Gasteiger partial charge in [0.05, 0.1) is 11.1 Å². The third-order valence-corrected chi connectivity index (χ3v) is 4.73. The van der Waals surface area contributed by atoms with Crippen molar-refractivity contribution in [2.75, 3.05) is 6.61 Å². The Morgan fingerprint density at radius 1 is 1.00 bits per heavy atom. The van der Waals surface area contributed by atoms with Crippen molar-refractivity contribution in [3.63, 3.8) is 0 Å². The summed E-state index contributed by atoms with van der Waals surface area (Å²) < 4.78 is 16.2. The molecule has 3 rings (SSSR count). The third kappa shape index (κ3) is 4.83. The highest BCUT2D eigenvalue weighted by Crippen LogP contribution is 2.29. The average molecular weight is 394 g/mol. The van der Waals surface area contributed by atoms with Crippen LogP contribution in [0.3, 0.4) is 0 Å². The first kappa shape index (κ1) is 20.6. The van der Waals surface area contributed by atoms with Gasteiger partial charge in [-0.2, -0.15) is 0 Å². The average Bonchev–Trinajstić information content (AvgIpc) is 3.01. The predicted octanol–water partition coefficient (Wildman–Crippen LogP) is 2.65. The van der Waals surface area contributed by atoms with Crippen molar-refractivity contribution in [3.8, 4) is 12.3 Å². The number of carbonyl (C=O) groups is 2. The van der Waals surface area contributed by atoms with Gasteiger partial charge >= 0.3 is 11.9 Å². The van der Waals surface area contributed by atoms with E-state index in [2.05, 4.69) is 5.92 Å². The first-order valence-corrected chi connectivity index (χ1v) is 9.20. The van der Waals surface area contributed by atoms with Gasteiger partial charge in [-0.3, -0.25) is 0 Å². The Morgan fingerprint density at radius 2 is 1.52 bits per heavy atom. The number of esters is 2. The molecule has 1 heterocycles. The molecule has 2 aromatic rings. The smallest absolute Gasteiger partial charge is 0.338 e. The first-order chi connectivity index (χ1) is 13.9. The summed E-state index contributed by atoms with van der Waals surface area (Å²) in [5.74, 6) is 0.384. The summed E-state index contributed by atoms with van der Waals surface area (Å²) >= 11 is 0. The van der Waals surface area contributed by atoms with Gasteiger partial charge in [-0.1, -0.05) is 41.3 Å². The minimum Gasteiger partial charge on any atom is -0.459 e. The molecule has 6 heteroatoms. The van der Waals surface area contributed by atoms with Crippen LogP contribution in [-0.4, -0.2) is 42.1 Å². The van der Waals surface area contributed by atoms with Crippen LogP contribution in [0.5, 0.6) is 0 Å². The van der Waals surface area contributed by atoms with E-state index in [9.17, 15) is 14.7 Å². The second kappa shape index (κ2) is 8.91. The topological polar surface area (TPSA) is 82.1 Å². The van der Waals surface area contributed by atoms with E-state index in [1.165, 1.54) is 0 Å². The number of rotatable bonds is 5. The van der Waals surface area contributed by atoms with E-state index < -0.39 is 36.4 Å². The molecule has 0 spiro atoms. The van der Waals surface area contributed by atoms with Crippen molar-refractivity contribution < 1.29 is 28.9 Å². The summed E-state index contributed by atoms with van der Waals surface area (Å²) in [5, 5.41) is 10.1. The number of carbonyl (C=O) groups excluding carboxylic acids is 2.